The second kappa shape index (κ2) is 4.24. The number of nitrogens with zero attached hydrogens (tertiary/aromatic N) is 1. The van der Waals surface area contributed by atoms with Gasteiger partial charge in [-0.1, -0.05) is 13.0 Å². The molecular weight excluding hydrogens is 229 g/mol. The highest BCUT2D eigenvalue weighted by molar-refractivity contribution is 5.56. The molecule has 0 bridgehead atoms. The van der Waals surface area contributed by atoms with Crippen LogP contribution in [0.5, 0.6) is 0 Å². The van der Waals surface area contributed by atoms with E-state index in [9.17, 15) is 13.2 Å². The van der Waals surface area contributed by atoms with Crippen LogP contribution in [0.1, 0.15) is 18.1 Å². The molecule has 0 aromatic carbocycles. The molecule has 0 aliphatic carbocycles. The Bertz CT molecular complexity index is 497. The van der Waals surface area contributed by atoms with E-state index in [4.69, 9.17) is 0 Å². The fourth-order valence-electron chi connectivity index (χ4n) is 1.50. The van der Waals surface area contributed by atoms with Crippen molar-refractivity contribution in [2.24, 2.45) is 0 Å². The Hall–Kier alpha value is -1.78. The van der Waals surface area contributed by atoms with E-state index in [0.29, 0.717) is 11.4 Å². The van der Waals surface area contributed by atoms with Gasteiger partial charge < -0.3 is 4.98 Å². The van der Waals surface area contributed by atoms with Gasteiger partial charge in [-0.25, -0.2) is 0 Å². The molecule has 0 saturated carbocycles. The number of alkyl halides is 3. The van der Waals surface area contributed by atoms with Crippen molar-refractivity contribution in [2.45, 2.75) is 19.5 Å². The van der Waals surface area contributed by atoms with E-state index >= 15 is 0 Å². The molecule has 0 radical (unpaired) electrons. The third-order valence-electron chi connectivity index (χ3n) is 2.52. The highest BCUT2D eigenvalue weighted by Gasteiger charge is 2.31. The van der Waals surface area contributed by atoms with Gasteiger partial charge in [0.05, 0.1) is 17.0 Å². The number of aromatic nitrogens is 2. The van der Waals surface area contributed by atoms with Crippen LogP contribution < -0.4 is 0 Å². The molecule has 17 heavy (non-hydrogen) atoms. The Balaban J connectivity index is 2.30. The number of halogens is 3. The average Bonchev–Trinajstić information content (AvgIpc) is 2.78. The summed E-state index contributed by atoms with van der Waals surface area (Å²) in [6.07, 6.45) is -0.849. The first-order valence-electron chi connectivity index (χ1n) is 5.21. The Kier molecular flexibility index (Phi) is 2.92. The van der Waals surface area contributed by atoms with Crippen molar-refractivity contribution < 1.29 is 13.2 Å². The second-order valence-corrected chi connectivity index (χ2v) is 3.71. The molecule has 0 unspecified atom stereocenters. The van der Waals surface area contributed by atoms with Crippen LogP contribution in [-0.4, -0.2) is 9.97 Å². The molecule has 2 aromatic rings. The highest BCUT2D eigenvalue weighted by atomic mass is 19.4. The van der Waals surface area contributed by atoms with E-state index in [1.165, 1.54) is 0 Å². The van der Waals surface area contributed by atoms with Crippen LogP contribution in [-0.2, 0) is 12.6 Å². The SMILES string of the molecule is CCc1ccc(-c2cc(C(F)(F)F)c[nH]2)nc1. The number of nitrogens with one attached hydrogen (secondary N) is 1. The molecule has 0 aliphatic rings. The van der Waals surface area contributed by atoms with E-state index in [0.717, 1.165) is 24.2 Å². The van der Waals surface area contributed by atoms with Crippen molar-refractivity contribution in [1.29, 1.82) is 0 Å². The van der Waals surface area contributed by atoms with Crippen LogP contribution >= 0.6 is 0 Å². The molecule has 2 heterocycles. The zero-order valence-corrected chi connectivity index (χ0v) is 9.17. The van der Waals surface area contributed by atoms with Gasteiger partial charge in [0, 0.05) is 12.4 Å². The Morgan fingerprint density at radius 1 is 1.29 bits per heavy atom. The number of H-pyrrole nitrogens is 1. The maximum absolute atomic E-state index is 12.4. The highest BCUT2D eigenvalue weighted by Crippen LogP contribution is 2.31. The van der Waals surface area contributed by atoms with Crippen LogP contribution in [0.25, 0.3) is 11.4 Å². The summed E-state index contributed by atoms with van der Waals surface area (Å²) >= 11 is 0. The summed E-state index contributed by atoms with van der Waals surface area (Å²) in [4.78, 5) is 6.70. The number of pyridine rings is 1. The normalized spacial score (nSPS) is 11.8. The first kappa shape index (κ1) is 11.7. The second-order valence-electron chi connectivity index (χ2n) is 3.71. The van der Waals surface area contributed by atoms with Crippen LogP contribution in [0.2, 0.25) is 0 Å². The third kappa shape index (κ3) is 2.49. The summed E-state index contributed by atoms with van der Waals surface area (Å²) in [5.41, 5.74) is 1.25. The lowest BCUT2D eigenvalue weighted by Gasteiger charge is -2.01. The fourth-order valence-corrected chi connectivity index (χ4v) is 1.50. The van der Waals surface area contributed by atoms with Gasteiger partial charge in [-0.3, -0.25) is 4.98 Å². The molecule has 2 nitrogen and oxygen atoms in total. The number of rotatable bonds is 2. The van der Waals surface area contributed by atoms with Crippen molar-refractivity contribution in [1.82, 2.24) is 9.97 Å². The van der Waals surface area contributed by atoms with Gasteiger partial charge in [-0.15, -0.1) is 0 Å². The van der Waals surface area contributed by atoms with E-state index in [1.54, 1.807) is 12.3 Å². The molecule has 0 saturated heterocycles. The maximum Gasteiger partial charge on any atom is 0.417 e. The number of hydrogen-bond donors (Lipinski definition) is 1. The van der Waals surface area contributed by atoms with E-state index in [-0.39, 0.29) is 0 Å². The molecule has 0 spiro atoms. The lowest BCUT2D eigenvalue weighted by molar-refractivity contribution is -0.137. The van der Waals surface area contributed by atoms with Crippen molar-refractivity contribution in [2.75, 3.05) is 0 Å². The molecule has 0 atom stereocenters. The topological polar surface area (TPSA) is 28.7 Å². The Morgan fingerprint density at radius 2 is 2.06 bits per heavy atom. The van der Waals surface area contributed by atoms with Gasteiger partial charge in [0.1, 0.15) is 0 Å². The van der Waals surface area contributed by atoms with Crippen LogP contribution in [0.4, 0.5) is 13.2 Å². The fraction of sp³-hybridized carbons (Fsp3) is 0.250. The predicted octanol–water partition coefficient (Wildman–Crippen LogP) is 3.66. The zero-order chi connectivity index (χ0) is 12.5. The van der Waals surface area contributed by atoms with Crippen molar-refractivity contribution >= 4 is 0 Å². The lowest BCUT2D eigenvalue weighted by Crippen LogP contribution is -2.02. The largest absolute Gasteiger partial charge is 0.417 e. The molecule has 1 N–H and O–H groups in total. The quantitative estimate of drug-likeness (QED) is 0.852. The van der Waals surface area contributed by atoms with Gasteiger partial charge in [0.25, 0.3) is 0 Å². The minimum atomic E-state index is -4.32. The summed E-state index contributed by atoms with van der Waals surface area (Å²) in [5, 5.41) is 0. The first-order valence-corrected chi connectivity index (χ1v) is 5.21. The summed E-state index contributed by atoms with van der Waals surface area (Å²) in [6.45, 7) is 1.99. The molecule has 0 aliphatic heterocycles. The standard InChI is InChI=1S/C12H11F3N2/c1-2-8-3-4-10(16-6-8)11-5-9(7-17-11)12(13,14)15/h3-7,17H,2H2,1H3. The molecule has 90 valence electrons. The van der Waals surface area contributed by atoms with Crippen molar-refractivity contribution in [3.05, 3.63) is 41.7 Å². The lowest BCUT2D eigenvalue weighted by atomic mass is 10.2. The number of aromatic amines is 1. The van der Waals surface area contributed by atoms with Gasteiger partial charge in [0.2, 0.25) is 0 Å². The van der Waals surface area contributed by atoms with Gasteiger partial charge in [-0.05, 0) is 24.1 Å². The minimum absolute atomic E-state index is 0.375. The van der Waals surface area contributed by atoms with E-state index in [1.807, 2.05) is 13.0 Å². The minimum Gasteiger partial charge on any atom is -0.359 e. The van der Waals surface area contributed by atoms with Crippen molar-refractivity contribution in [3.63, 3.8) is 0 Å². The van der Waals surface area contributed by atoms with Crippen LogP contribution in [0, 0.1) is 0 Å². The summed E-state index contributed by atoms with van der Waals surface area (Å²) < 4.78 is 37.2. The zero-order valence-electron chi connectivity index (χ0n) is 9.17. The van der Waals surface area contributed by atoms with Crippen LogP contribution in [0.3, 0.4) is 0 Å². The summed E-state index contributed by atoms with van der Waals surface area (Å²) in [7, 11) is 0. The Morgan fingerprint density at radius 3 is 2.53 bits per heavy atom. The van der Waals surface area contributed by atoms with E-state index < -0.39 is 11.7 Å². The monoisotopic (exact) mass is 240 g/mol. The first-order chi connectivity index (χ1) is 8.00. The van der Waals surface area contributed by atoms with Gasteiger partial charge >= 0.3 is 6.18 Å². The number of hydrogen-bond acceptors (Lipinski definition) is 1. The van der Waals surface area contributed by atoms with E-state index in [2.05, 4.69) is 9.97 Å². The molecule has 5 heteroatoms. The smallest absolute Gasteiger partial charge is 0.359 e. The Labute approximate surface area is 96.5 Å². The molecule has 0 amide bonds. The average molecular weight is 240 g/mol. The predicted molar refractivity (Wildman–Crippen MR) is 58.4 cm³/mol. The maximum atomic E-state index is 12.4. The third-order valence-corrected chi connectivity index (χ3v) is 2.52. The summed E-state index contributed by atoms with van der Waals surface area (Å²) in [5.74, 6) is 0. The molecule has 0 fully saturated rings. The van der Waals surface area contributed by atoms with Crippen molar-refractivity contribution in [3.8, 4) is 11.4 Å². The summed E-state index contributed by atoms with van der Waals surface area (Å²) in [6, 6.07) is 4.63. The van der Waals surface area contributed by atoms with Gasteiger partial charge in [-0.2, -0.15) is 13.2 Å². The molecule has 2 aromatic heterocycles. The van der Waals surface area contributed by atoms with Gasteiger partial charge in [0.15, 0.2) is 0 Å². The molecule has 2 rings (SSSR count). The van der Waals surface area contributed by atoms with Crippen LogP contribution in [0.15, 0.2) is 30.6 Å². The number of aryl methyl sites for hydroxylation is 1. The molecular formula is C12H11F3N2.